The summed E-state index contributed by atoms with van der Waals surface area (Å²) in [6.07, 6.45) is 1.62. The zero-order valence-corrected chi connectivity index (χ0v) is 15.1. The molecule has 5 nitrogen and oxygen atoms in total. The van der Waals surface area contributed by atoms with Gasteiger partial charge in [-0.2, -0.15) is 0 Å². The molecule has 1 fully saturated rings. The summed E-state index contributed by atoms with van der Waals surface area (Å²) in [6, 6.07) is 7.84. The molecule has 130 valence electrons. The second kappa shape index (κ2) is 8.05. The number of ether oxygens (including phenoxy) is 1. The Morgan fingerprint density at radius 2 is 1.96 bits per heavy atom. The Balaban J connectivity index is 1.51. The highest BCUT2D eigenvalue weighted by atomic mass is 32.1. The summed E-state index contributed by atoms with van der Waals surface area (Å²) >= 11 is 1.67. The van der Waals surface area contributed by atoms with Crippen LogP contribution in [0.25, 0.3) is 0 Å². The molecule has 2 heterocycles. The third-order valence-corrected chi connectivity index (χ3v) is 5.36. The number of aryl methyl sites for hydroxylation is 1. The first-order valence-corrected chi connectivity index (χ1v) is 9.39. The van der Waals surface area contributed by atoms with Crippen molar-refractivity contribution in [2.24, 2.45) is 5.92 Å². The summed E-state index contributed by atoms with van der Waals surface area (Å²) in [5, 5.41) is 21.0. The SMILES string of the molecule is CCOc1ccc(C(O)C2CCN(Cc3nnc(C)s3)CC2)cc1. The Labute approximate surface area is 147 Å². The van der Waals surface area contributed by atoms with E-state index in [1.165, 1.54) is 0 Å². The fraction of sp³-hybridized carbons (Fsp3) is 0.556. The number of aromatic nitrogens is 2. The lowest BCUT2D eigenvalue weighted by Crippen LogP contribution is -2.35. The Hall–Kier alpha value is -1.50. The fourth-order valence-electron chi connectivity index (χ4n) is 3.22. The second-order valence-electron chi connectivity index (χ2n) is 6.28. The molecule has 0 radical (unpaired) electrons. The molecule has 0 bridgehead atoms. The van der Waals surface area contributed by atoms with E-state index in [9.17, 15) is 5.11 Å². The summed E-state index contributed by atoms with van der Waals surface area (Å²) in [7, 11) is 0. The molecular weight excluding hydrogens is 322 g/mol. The average molecular weight is 347 g/mol. The van der Waals surface area contributed by atoms with Gasteiger partial charge in [-0.15, -0.1) is 21.5 Å². The number of nitrogens with zero attached hydrogens (tertiary/aromatic N) is 3. The molecule has 1 aliphatic rings. The highest BCUT2D eigenvalue weighted by molar-refractivity contribution is 7.11. The van der Waals surface area contributed by atoms with Crippen LogP contribution in [-0.4, -0.2) is 39.9 Å². The maximum absolute atomic E-state index is 10.7. The van der Waals surface area contributed by atoms with E-state index in [0.29, 0.717) is 12.5 Å². The summed E-state index contributed by atoms with van der Waals surface area (Å²) in [5.74, 6) is 1.17. The number of benzene rings is 1. The Morgan fingerprint density at radius 3 is 2.54 bits per heavy atom. The normalized spacial score (nSPS) is 17.8. The van der Waals surface area contributed by atoms with E-state index in [0.717, 1.165) is 53.8 Å². The van der Waals surface area contributed by atoms with Crippen LogP contribution in [0.2, 0.25) is 0 Å². The van der Waals surface area contributed by atoms with Crippen LogP contribution in [0, 0.1) is 12.8 Å². The summed E-state index contributed by atoms with van der Waals surface area (Å²) in [5.41, 5.74) is 0.983. The van der Waals surface area contributed by atoms with Crippen LogP contribution in [0.15, 0.2) is 24.3 Å². The van der Waals surface area contributed by atoms with Crippen LogP contribution in [0.3, 0.4) is 0 Å². The van der Waals surface area contributed by atoms with Gasteiger partial charge < -0.3 is 9.84 Å². The lowest BCUT2D eigenvalue weighted by molar-refractivity contribution is 0.0566. The van der Waals surface area contributed by atoms with Gasteiger partial charge >= 0.3 is 0 Å². The monoisotopic (exact) mass is 347 g/mol. The molecule has 0 amide bonds. The molecule has 3 rings (SSSR count). The summed E-state index contributed by atoms with van der Waals surface area (Å²) < 4.78 is 5.46. The van der Waals surface area contributed by atoms with Gasteiger partial charge in [-0.3, -0.25) is 4.90 Å². The number of rotatable bonds is 6. The van der Waals surface area contributed by atoms with E-state index in [2.05, 4.69) is 15.1 Å². The summed E-state index contributed by atoms with van der Waals surface area (Å²) in [4.78, 5) is 2.40. The number of hydrogen-bond acceptors (Lipinski definition) is 6. The molecule has 1 N–H and O–H groups in total. The van der Waals surface area contributed by atoms with Crippen molar-refractivity contribution in [3.05, 3.63) is 39.8 Å². The minimum absolute atomic E-state index is 0.315. The lowest BCUT2D eigenvalue weighted by Gasteiger charge is -2.33. The molecule has 1 saturated heterocycles. The topological polar surface area (TPSA) is 58.5 Å². The van der Waals surface area contributed by atoms with Crippen LogP contribution in [0.4, 0.5) is 0 Å². The second-order valence-corrected chi connectivity index (χ2v) is 7.54. The van der Waals surface area contributed by atoms with Crippen molar-refractivity contribution in [2.75, 3.05) is 19.7 Å². The summed E-state index contributed by atoms with van der Waals surface area (Å²) in [6.45, 7) is 7.49. The third kappa shape index (κ3) is 4.32. The molecule has 6 heteroatoms. The molecule has 1 atom stereocenters. The maximum Gasteiger partial charge on any atom is 0.131 e. The maximum atomic E-state index is 10.7. The third-order valence-electron chi connectivity index (χ3n) is 4.54. The van der Waals surface area contributed by atoms with Crippen molar-refractivity contribution >= 4 is 11.3 Å². The quantitative estimate of drug-likeness (QED) is 0.870. The minimum atomic E-state index is -0.397. The number of aliphatic hydroxyl groups excluding tert-OH is 1. The molecule has 0 spiro atoms. The Bertz CT molecular complexity index is 636. The van der Waals surface area contributed by atoms with E-state index >= 15 is 0 Å². The highest BCUT2D eigenvalue weighted by Gasteiger charge is 2.26. The van der Waals surface area contributed by atoms with E-state index in [4.69, 9.17) is 4.74 Å². The smallest absolute Gasteiger partial charge is 0.131 e. The first kappa shape index (κ1) is 17.3. The predicted molar refractivity (Wildman–Crippen MR) is 95.2 cm³/mol. The van der Waals surface area contributed by atoms with Gasteiger partial charge in [-0.05, 0) is 63.4 Å². The zero-order valence-electron chi connectivity index (χ0n) is 14.3. The minimum Gasteiger partial charge on any atom is -0.494 e. The number of hydrogen-bond donors (Lipinski definition) is 1. The molecule has 2 aromatic rings. The number of piperidine rings is 1. The van der Waals surface area contributed by atoms with E-state index in [1.807, 2.05) is 38.1 Å². The van der Waals surface area contributed by atoms with Crippen molar-refractivity contribution in [1.29, 1.82) is 0 Å². The zero-order chi connectivity index (χ0) is 16.9. The van der Waals surface area contributed by atoms with Crippen molar-refractivity contribution < 1.29 is 9.84 Å². The molecule has 24 heavy (non-hydrogen) atoms. The Kier molecular flexibility index (Phi) is 5.81. The van der Waals surface area contributed by atoms with E-state index in [1.54, 1.807) is 11.3 Å². The molecule has 1 aromatic carbocycles. The van der Waals surface area contributed by atoms with E-state index in [-0.39, 0.29) is 0 Å². The van der Waals surface area contributed by atoms with Gasteiger partial charge in [0.05, 0.1) is 19.3 Å². The van der Waals surface area contributed by atoms with Crippen LogP contribution in [0.1, 0.15) is 41.4 Å². The van der Waals surface area contributed by atoms with Gasteiger partial charge in [0.25, 0.3) is 0 Å². The van der Waals surface area contributed by atoms with Crippen molar-refractivity contribution in [3.63, 3.8) is 0 Å². The van der Waals surface area contributed by atoms with Crippen LogP contribution in [-0.2, 0) is 6.54 Å². The predicted octanol–water partition coefficient (Wildman–Crippen LogP) is 3.19. The average Bonchev–Trinajstić information content (AvgIpc) is 3.01. The van der Waals surface area contributed by atoms with Crippen LogP contribution < -0.4 is 4.74 Å². The standard InChI is InChI=1S/C18H25N3O2S/c1-3-23-16-6-4-14(5-7-16)18(22)15-8-10-21(11-9-15)12-17-20-19-13(2)24-17/h4-7,15,18,22H,3,8-12H2,1-2H3. The van der Waals surface area contributed by atoms with Gasteiger partial charge in [0.15, 0.2) is 0 Å². The molecule has 1 aromatic heterocycles. The molecule has 1 aliphatic heterocycles. The number of aliphatic hydroxyl groups is 1. The van der Waals surface area contributed by atoms with Crippen LogP contribution >= 0.6 is 11.3 Å². The van der Waals surface area contributed by atoms with Gasteiger partial charge in [0.2, 0.25) is 0 Å². The lowest BCUT2D eigenvalue weighted by atomic mass is 9.87. The van der Waals surface area contributed by atoms with Gasteiger partial charge in [-0.25, -0.2) is 0 Å². The highest BCUT2D eigenvalue weighted by Crippen LogP contribution is 2.32. The van der Waals surface area contributed by atoms with Crippen LogP contribution in [0.5, 0.6) is 5.75 Å². The van der Waals surface area contributed by atoms with Gasteiger partial charge in [0, 0.05) is 0 Å². The molecule has 0 saturated carbocycles. The van der Waals surface area contributed by atoms with E-state index < -0.39 is 6.10 Å². The first-order chi connectivity index (χ1) is 11.7. The Morgan fingerprint density at radius 1 is 1.25 bits per heavy atom. The molecule has 1 unspecified atom stereocenters. The number of likely N-dealkylation sites (tertiary alicyclic amines) is 1. The van der Waals surface area contributed by atoms with Gasteiger partial charge in [-0.1, -0.05) is 12.1 Å². The largest absolute Gasteiger partial charge is 0.494 e. The first-order valence-electron chi connectivity index (χ1n) is 8.58. The fourth-order valence-corrected chi connectivity index (χ4v) is 3.97. The van der Waals surface area contributed by atoms with Crippen molar-refractivity contribution in [1.82, 2.24) is 15.1 Å². The van der Waals surface area contributed by atoms with Crippen molar-refractivity contribution in [2.45, 2.75) is 39.3 Å². The molecule has 0 aliphatic carbocycles. The van der Waals surface area contributed by atoms with Gasteiger partial charge in [0.1, 0.15) is 15.8 Å². The van der Waals surface area contributed by atoms with Crippen molar-refractivity contribution in [3.8, 4) is 5.75 Å². The molecular formula is C18H25N3O2S.